The number of carbonyl (C=O) groups excluding carboxylic acids is 1. The maximum Gasteiger partial charge on any atom is 0.221 e. The number of pyridine rings is 1. The number of aromatic nitrogens is 2. The fourth-order valence-corrected chi connectivity index (χ4v) is 1.28. The second-order valence-electron chi connectivity index (χ2n) is 2.88. The lowest BCUT2D eigenvalue weighted by Crippen LogP contribution is -2.13. The van der Waals surface area contributed by atoms with E-state index in [0.29, 0.717) is 0 Å². The Morgan fingerprint density at radius 2 is 2.38 bits per heavy atom. The zero-order valence-electron chi connectivity index (χ0n) is 6.97. The first-order valence-electron chi connectivity index (χ1n) is 3.96. The summed E-state index contributed by atoms with van der Waals surface area (Å²) in [6.45, 7) is 0. The Morgan fingerprint density at radius 1 is 1.54 bits per heavy atom. The molecule has 0 aliphatic carbocycles. The zero-order valence-corrected chi connectivity index (χ0v) is 6.97. The van der Waals surface area contributed by atoms with Gasteiger partial charge in [-0.3, -0.25) is 4.79 Å². The van der Waals surface area contributed by atoms with Crippen LogP contribution in [0.1, 0.15) is 5.56 Å². The predicted octanol–water partition coefficient (Wildman–Crippen LogP) is 0.362. The summed E-state index contributed by atoms with van der Waals surface area (Å²) in [5.74, 6) is -0.316. The minimum absolute atomic E-state index is 0.279. The van der Waals surface area contributed by atoms with Crippen LogP contribution < -0.4 is 5.73 Å². The molecule has 2 heterocycles. The van der Waals surface area contributed by atoms with E-state index in [1.54, 1.807) is 10.7 Å². The molecule has 4 nitrogen and oxygen atoms in total. The van der Waals surface area contributed by atoms with Crippen molar-refractivity contribution in [2.75, 3.05) is 0 Å². The maximum atomic E-state index is 10.6. The highest BCUT2D eigenvalue weighted by molar-refractivity contribution is 5.77. The van der Waals surface area contributed by atoms with Crippen LogP contribution in [0.2, 0.25) is 0 Å². The van der Waals surface area contributed by atoms with E-state index in [-0.39, 0.29) is 12.3 Å². The molecule has 0 saturated heterocycles. The smallest absolute Gasteiger partial charge is 0.221 e. The van der Waals surface area contributed by atoms with E-state index in [2.05, 4.69) is 5.10 Å². The van der Waals surface area contributed by atoms with Crippen molar-refractivity contribution in [3.63, 3.8) is 0 Å². The van der Waals surface area contributed by atoms with Crippen LogP contribution >= 0.6 is 0 Å². The van der Waals surface area contributed by atoms with Crippen molar-refractivity contribution in [2.45, 2.75) is 6.42 Å². The average molecular weight is 175 g/mol. The Bertz CT molecular complexity index is 447. The van der Waals surface area contributed by atoms with E-state index in [0.717, 1.165) is 11.1 Å². The fourth-order valence-electron chi connectivity index (χ4n) is 1.28. The number of carbonyl (C=O) groups is 1. The van der Waals surface area contributed by atoms with Crippen LogP contribution in [0.3, 0.4) is 0 Å². The third kappa shape index (κ3) is 1.51. The van der Waals surface area contributed by atoms with Gasteiger partial charge in [-0.1, -0.05) is 0 Å². The van der Waals surface area contributed by atoms with Crippen molar-refractivity contribution < 1.29 is 4.79 Å². The van der Waals surface area contributed by atoms with Crippen molar-refractivity contribution in [2.24, 2.45) is 5.73 Å². The van der Waals surface area contributed by atoms with Crippen LogP contribution in [0, 0.1) is 0 Å². The molecule has 0 radical (unpaired) electrons. The molecule has 2 rings (SSSR count). The molecule has 0 aliphatic heterocycles. The number of fused-ring (bicyclic) bond motifs is 1. The van der Waals surface area contributed by atoms with Crippen LogP contribution in [0.4, 0.5) is 0 Å². The molecule has 0 atom stereocenters. The largest absolute Gasteiger partial charge is 0.369 e. The van der Waals surface area contributed by atoms with E-state index in [1.165, 1.54) is 0 Å². The van der Waals surface area contributed by atoms with Crippen molar-refractivity contribution in [3.8, 4) is 0 Å². The van der Waals surface area contributed by atoms with Crippen LogP contribution in [0.5, 0.6) is 0 Å². The molecule has 66 valence electrons. The SMILES string of the molecule is NC(=O)Cc1ccn2nccc2c1. The second-order valence-corrected chi connectivity index (χ2v) is 2.88. The highest BCUT2D eigenvalue weighted by Gasteiger charge is 1.99. The van der Waals surface area contributed by atoms with E-state index in [9.17, 15) is 4.79 Å². The number of hydrogen-bond acceptors (Lipinski definition) is 2. The van der Waals surface area contributed by atoms with Gasteiger partial charge in [0.05, 0.1) is 11.9 Å². The first-order valence-corrected chi connectivity index (χ1v) is 3.96. The predicted molar refractivity (Wildman–Crippen MR) is 48.1 cm³/mol. The lowest BCUT2D eigenvalue weighted by Gasteiger charge is -1.98. The number of nitrogens with two attached hydrogens (primary N) is 1. The molecule has 0 bridgehead atoms. The third-order valence-corrected chi connectivity index (χ3v) is 1.84. The maximum absolute atomic E-state index is 10.6. The Labute approximate surface area is 75.0 Å². The molecule has 0 unspecified atom stereocenters. The number of rotatable bonds is 2. The summed E-state index contributed by atoms with van der Waals surface area (Å²) in [5, 5.41) is 4.04. The van der Waals surface area contributed by atoms with Gasteiger partial charge in [-0.2, -0.15) is 5.10 Å². The van der Waals surface area contributed by atoms with Crippen LogP contribution in [-0.2, 0) is 11.2 Å². The fraction of sp³-hybridized carbons (Fsp3) is 0.111. The molecule has 2 aromatic rings. The molecule has 2 aromatic heterocycles. The van der Waals surface area contributed by atoms with Gasteiger partial charge in [-0.15, -0.1) is 0 Å². The summed E-state index contributed by atoms with van der Waals surface area (Å²) in [5.41, 5.74) is 6.97. The first kappa shape index (κ1) is 7.79. The third-order valence-electron chi connectivity index (χ3n) is 1.84. The molecule has 0 spiro atoms. The molecule has 0 aromatic carbocycles. The zero-order chi connectivity index (χ0) is 9.26. The second kappa shape index (κ2) is 2.90. The minimum Gasteiger partial charge on any atom is -0.369 e. The highest BCUT2D eigenvalue weighted by atomic mass is 16.1. The molecule has 0 fully saturated rings. The van der Waals surface area contributed by atoms with E-state index in [4.69, 9.17) is 5.73 Å². The molecule has 1 amide bonds. The minimum atomic E-state index is -0.316. The summed E-state index contributed by atoms with van der Waals surface area (Å²) in [7, 11) is 0. The molecule has 4 heteroatoms. The van der Waals surface area contributed by atoms with Crippen molar-refractivity contribution in [1.82, 2.24) is 9.61 Å². The number of nitrogens with zero attached hydrogens (tertiary/aromatic N) is 2. The molecule has 0 aliphatic rings. The van der Waals surface area contributed by atoms with Crippen LogP contribution in [0.25, 0.3) is 5.52 Å². The standard InChI is InChI=1S/C9H9N3O/c10-9(13)6-7-2-4-12-8(5-7)1-3-11-12/h1-5H,6H2,(H2,10,13). The highest BCUT2D eigenvalue weighted by Crippen LogP contribution is 2.06. The average Bonchev–Trinajstić information content (AvgIpc) is 2.49. The molecule has 0 saturated carbocycles. The van der Waals surface area contributed by atoms with E-state index < -0.39 is 0 Å². The topological polar surface area (TPSA) is 60.4 Å². The summed E-state index contributed by atoms with van der Waals surface area (Å²) in [4.78, 5) is 10.6. The number of primary amides is 1. The van der Waals surface area contributed by atoms with Gasteiger partial charge in [-0.25, -0.2) is 4.52 Å². The van der Waals surface area contributed by atoms with Gasteiger partial charge >= 0.3 is 0 Å². The van der Waals surface area contributed by atoms with E-state index >= 15 is 0 Å². The number of amides is 1. The van der Waals surface area contributed by atoms with Crippen molar-refractivity contribution >= 4 is 11.4 Å². The van der Waals surface area contributed by atoms with Gasteiger partial charge in [0, 0.05) is 12.4 Å². The summed E-state index contributed by atoms with van der Waals surface area (Å²) < 4.78 is 1.74. The van der Waals surface area contributed by atoms with Gasteiger partial charge in [0.15, 0.2) is 0 Å². The van der Waals surface area contributed by atoms with Gasteiger partial charge in [0.25, 0.3) is 0 Å². The molecule has 13 heavy (non-hydrogen) atoms. The summed E-state index contributed by atoms with van der Waals surface area (Å²) >= 11 is 0. The Hall–Kier alpha value is -1.84. The first-order chi connectivity index (χ1) is 6.25. The van der Waals surface area contributed by atoms with Gasteiger partial charge in [-0.05, 0) is 23.8 Å². The summed E-state index contributed by atoms with van der Waals surface area (Å²) in [6.07, 6.45) is 3.80. The Morgan fingerprint density at radius 3 is 3.15 bits per heavy atom. The van der Waals surface area contributed by atoms with Crippen molar-refractivity contribution in [1.29, 1.82) is 0 Å². The van der Waals surface area contributed by atoms with Crippen LogP contribution in [-0.4, -0.2) is 15.5 Å². The monoisotopic (exact) mass is 175 g/mol. The van der Waals surface area contributed by atoms with E-state index in [1.807, 2.05) is 24.4 Å². The van der Waals surface area contributed by atoms with Gasteiger partial charge in [0.1, 0.15) is 0 Å². The molecule has 2 N–H and O–H groups in total. The number of hydrogen-bond donors (Lipinski definition) is 1. The quantitative estimate of drug-likeness (QED) is 0.716. The lowest BCUT2D eigenvalue weighted by molar-refractivity contribution is -0.117. The lowest BCUT2D eigenvalue weighted by atomic mass is 10.2. The Balaban J connectivity index is 2.42. The van der Waals surface area contributed by atoms with Crippen molar-refractivity contribution in [3.05, 3.63) is 36.2 Å². The molecular weight excluding hydrogens is 166 g/mol. The van der Waals surface area contributed by atoms with Gasteiger partial charge < -0.3 is 5.73 Å². The summed E-state index contributed by atoms with van der Waals surface area (Å²) in [6, 6.07) is 5.62. The Kier molecular flexibility index (Phi) is 1.73. The normalized spacial score (nSPS) is 10.5. The van der Waals surface area contributed by atoms with Crippen LogP contribution in [0.15, 0.2) is 30.6 Å². The van der Waals surface area contributed by atoms with Gasteiger partial charge in [0.2, 0.25) is 5.91 Å². The molecular formula is C9H9N3O.